The third kappa shape index (κ3) is 3.40. The molecular formula is C22H35N3O4. The summed E-state index contributed by atoms with van der Waals surface area (Å²) in [6, 6.07) is -0.818. The minimum absolute atomic E-state index is 0.00215. The van der Waals surface area contributed by atoms with Crippen LogP contribution >= 0.6 is 0 Å². The Bertz CT molecular complexity index is 705. The van der Waals surface area contributed by atoms with Crippen LogP contribution in [-0.2, 0) is 19.2 Å². The van der Waals surface area contributed by atoms with Crippen molar-refractivity contribution in [3.05, 3.63) is 0 Å². The van der Waals surface area contributed by atoms with Crippen molar-refractivity contribution in [3.8, 4) is 0 Å². The highest BCUT2D eigenvalue weighted by atomic mass is 16.7. The molecule has 0 bridgehead atoms. The van der Waals surface area contributed by atoms with E-state index in [9.17, 15) is 14.4 Å². The normalized spacial score (nSPS) is 29.4. The number of hydrogen-bond acceptors (Lipinski definition) is 5. The second-order valence-electron chi connectivity index (χ2n) is 10.7. The summed E-state index contributed by atoms with van der Waals surface area (Å²) in [5.74, 6) is 0.0229. The fourth-order valence-corrected chi connectivity index (χ4v) is 5.23. The van der Waals surface area contributed by atoms with E-state index in [1.165, 1.54) is 0 Å². The standard InChI is InChI=1S/C22H35N3O4/c1-13(2)16(23-29-21(3,4)5)19(27)24-12-9-15-17(24)22(10-6-11-22)20(28)25(15)18(26)14-7-8-14/h13-17,23H,6-12H2,1-5H3/t15-,16-,17-/m0/s1. The minimum atomic E-state index is -0.548. The van der Waals surface area contributed by atoms with Crippen molar-refractivity contribution in [2.24, 2.45) is 17.3 Å². The Kier molecular flexibility index (Phi) is 5.05. The van der Waals surface area contributed by atoms with Gasteiger partial charge in [0.1, 0.15) is 6.04 Å². The molecule has 0 unspecified atom stereocenters. The van der Waals surface area contributed by atoms with E-state index >= 15 is 0 Å². The van der Waals surface area contributed by atoms with E-state index in [0.717, 1.165) is 32.1 Å². The number of hydroxylamine groups is 1. The van der Waals surface area contributed by atoms with Crippen LogP contribution in [0.4, 0.5) is 0 Å². The van der Waals surface area contributed by atoms with Gasteiger partial charge in [-0.1, -0.05) is 20.3 Å². The first kappa shape index (κ1) is 20.8. The van der Waals surface area contributed by atoms with Crippen molar-refractivity contribution < 1.29 is 19.2 Å². The monoisotopic (exact) mass is 405 g/mol. The quantitative estimate of drug-likeness (QED) is 0.561. The molecule has 2 aliphatic heterocycles. The van der Waals surface area contributed by atoms with E-state index in [1.807, 2.05) is 39.5 Å². The van der Waals surface area contributed by atoms with Crippen molar-refractivity contribution in [3.63, 3.8) is 0 Å². The van der Waals surface area contributed by atoms with Gasteiger partial charge in [-0.25, -0.2) is 0 Å². The molecule has 29 heavy (non-hydrogen) atoms. The van der Waals surface area contributed by atoms with Crippen LogP contribution < -0.4 is 5.48 Å². The average molecular weight is 406 g/mol. The Labute approximate surface area is 173 Å². The molecule has 162 valence electrons. The number of likely N-dealkylation sites (tertiary alicyclic amines) is 2. The minimum Gasteiger partial charge on any atom is -0.335 e. The highest BCUT2D eigenvalue weighted by Gasteiger charge is 2.68. The van der Waals surface area contributed by atoms with Crippen LogP contribution in [0, 0.1) is 17.3 Å². The molecule has 7 heteroatoms. The second-order valence-corrected chi connectivity index (χ2v) is 10.7. The average Bonchev–Trinajstić information content (AvgIpc) is 3.28. The molecule has 1 N–H and O–H groups in total. The van der Waals surface area contributed by atoms with Gasteiger partial charge < -0.3 is 4.90 Å². The van der Waals surface area contributed by atoms with Gasteiger partial charge in [0.05, 0.1) is 23.1 Å². The number of hydrogen-bond donors (Lipinski definition) is 1. The Morgan fingerprint density at radius 2 is 1.83 bits per heavy atom. The van der Waals surface area contributed by atoms with Crippen molar-refractivity contribution in [2.75, 3.05) is 6.54 Å². The van der Waals surface area contributed by atoms with Crippen molar-refractivity contribution in [1.29, 1.82) is 0 Å². The predicted molar refractivity (Wildman–Crippen MR) is 107 cm³/mol. The topological polar surface area (TPSA) is 79.0 Å². The molecule has 0 aromatic carbocycles. The van der Waals surface area contributed by atoms with E-state index in [0.29, 0.717) is 13.0 Å². The largest absolute Gasteiger partial charge is 0.335 e. The van der Waals surface area contributed by atoms with Gasteiger partial charge in [-0.05, 0) is 58.8 Å². The first-order valence-corrected chi connectivity index (χ1v) is 11.2. The van der Waals surface area contributed by atoms with Gasteiger partial charge in [-0.15, -0.1) is 0 Å². The summed E-state index contributed by atoms with van der Waals surface area (Å²) < 4.78 is 0. The molecule has 2 saturated heterocycles. The maximum Gasteiger partial charge on any atom is 0.242 e. The number of imide groups is 1. The highest BCUT2D eigenvalue weighted by molar-refractivity contribution is 6.03. The lowest BCUT2D eigenvalue weighted by molar-refractivity contribution is -0.154. The van der Waals surface area contributed by atoms with Crippen LogP contribution in [0.5, 0.6) is 0 Å². The molecule has 3 atom stereocenters. The van der Waals surface area contributed by atoms with Crippen LogP contribution in [0.2, 0.25) is 0 Å². The third-order valence-electron chi connectivity index (χ3n) is 7.03. The molecule has 4 rings (SSSR count). The van der Waals surface area contributed by atoms with Gasteiger partial charge in [0.2, 0.25) is 17.7 Å². The predicted octanol–water partition coefficient (Wildman–Crippen LogP) is 2.25. The molecular weight excluding hydrogens is 370 g/mol. The van der Waals surface area contributed by atoms with Gasteiger partial charge in [-0.2, -0.15) is 5.48 Å². The molecule has 7 nitrogen and oxygen atoms in total. The van der Waals surface area contributed by atoms with E-state index in [4.69, 9.17) is 4.84 Å². The molecule has 4 aliphatic rings. The number of nitrogens with zero attached hydrogens (tertiary/aromatic N) is 2. The van der Waals surface area contributed by atoms with Crippen LogP contribution in [0.15, 0.2) is 0 Å². The third-order valence-corrected chi connectivity index (χ3v) is 7.03. The molecule has 1 spiro atoms. The SMILES string of the molecule is CC(C)[C@H](NOC(C)(C)C)C(=O)N1CC[C@H]2[C@H]1C1(CCC1)C(=O)N2C(=O)C1CC1. The zero-order valence-corrected chi connectivity index (χ0v) is 18.4. The summed E-state index contributed by atoms with van der Waals surface area (Å²) >= 11 is 0. The molecule has 3 amide bonds. The summed E-state index contributed by atoms with van der Waals surface area (Å²) in [6.45, 7) is 10.4. The summed E-state index contributed by atoms with van der Waals surface area (Å²) in [7, 11) is 0. The molecule has 4 fully saturated rings. The summed E-state index contributed by atoms with van der Waals surface area (Å²) in [5.41, 5.74) is 2.04. The zero-order valence-electron chi connectivity index (χ0n) is 18.4. The molecule has 0 aromatic heterocycles. The second kappa shape index (κ2) is 7.05. The number of amides is 3. The summed E-state index contributed by atoms with van der Waals surface area (Å²) in [6.07, 6.45) is 5.01. The van der Waals surface area contributed by atoms with Gasteiger partial charge in [0.25, 0.3) is 0 Å². The van der Waals surface area contributed by atoms with E-state index in [1.54, 1.807) is 4.90 Å². The lowest BCUT2D eigenvalue weighted by Crippen LogP contribution is -2.58. The molecule has 2 aliphatic carbocycles. The fraction of sp³-hybridized carbons (Fsp3) is 0.864. The lowest BCUT2D eigenvalue weighted by atomic mass is 9.64. The number of carbonyl (C=O) groups is 3. The van der Waals surface area contributed by atoms with Crippen LogP contribution in [0.25, 0.3) is 0 Å². The van der Waals surface area contributed by atoms with E-state index in [-0.39, 0.29) is 41.6 Å². The number of fused-ring (bicyclic) bond motifs is 2. The van der Waals surface area contributed by atoms with Gasteiger partial charge in [0.15, 0.2) is 0 Å². The Hall–Kier alpha value is -1.47. The van der Waals surface area contributed by atoms with Crippen molar-refractivity contribution in [1.82, 2.24) is 15.3 Å². The van der Waals surface area contributed by atoms with Gasteiger partial charge in [0, 0.05) is 12.5 Å². The van der Waals surface area contributed by atoms with Crippen LogP contribution in [0.1, 0.15) is 73.1 Å². The molecule has 2 heterocycles. The number of rotatable bonds is 5. The van der Waals surface area contributed by atoms with Gasteiger partial charge in [-0.3, -0.25) is 24.1 Å². The fourth-order valence-electron chi connectivity index (χ4n) is 5.23. The maximum atomic E-state index is 13.6. The smallest absolute Gasteiger partial charge is 0.242 e. The first-order chi connectivity index (χ1) is 13.6. The number of carbonyl (C=O) groups excluding carboxylic acids is 3. The summed E-state index contributed by atoms with van der Waals surface area (Å²) in [5, 5.41) is 0. The molecule has 0 radical (unpaired) electrons. The summed E-state index contributed by atoms with van der Waals surface area (Å²) in [4.78, 5) is 49.0. The van der Waals surface area contributed by atoms with Crippen molar-refractivity contribution in [2.45, 2.75) is 96.9 Å². The van der Waals surface area contributed by atoms with Crippen LogP contribution in [0.3, 0.4) is 0 Å². The Morgan fingerprint density at radius 1 is 1.17 bits per heavy atom. The lowest BCUT2D eigenvalue weighted by Gasteiger charge is -2.44. The Balaban J connectivity index is 1.58. The van der Waals surface area contributed by atoms with Gasteiger partial charge >= 0.3 is 0 Å². The molecule has 0 aromatic rings. The maximum absolute atomic E-state index is 13.6. The number of nitrogens with one attached hydrogen (secondary N) is 1. The van der Waals surface area contributed by atoms with E-state index < -0.39 is 17.1 Å². The van der Waals surface area contributed by atoms with Crippen LogP contribution in [-0.4, -0.2) is 57.8 Å². The van der Waals surface area contributed by atoms with E-state index in [2.05, 4.69) is 5.48 Å². The zero-order chi connectivity index (χ0) is 21.1. The highest BCUT2D eigenvalue weighted by Crippen LogP contribution is 2.56. The first-order valence-electron chi connectivity index (χ1n) is 11.2. The Morgan fingerprint density at radius 3 is 2.31 bits per heavy atom. The molecule has 2 saturated carbocycles. The van der Waals surface area contributed by atoms with Crippen molar-refractivity contribution >= 4 is 17.7 Å².